The summed E-state index contributed by atoms with van der Waals surface area (Å²) < 4.78 is 0. The van der Waals surface area contributed by atoms with Crippen molar-refractivity contribution in [2.24, 2.45) is 0 Å². The van der Waals surface area contributed by atoms with E-state index in [0.29, 0.717) is 10.6 Å². The lowest BCUT2D eigenvalue weighted by atomic mass is 10.2. The number of hydrogen-bond acceptors (Lipinski definition) is 1. The molecule has 0 aliphatic heterocycles. The minimum atomic E-state index is -0.917. The predicted octanol–water partition coefficient (Wildman–Crippen LogP) is 2.33. The molecule has 1 N–H and O–H groups in total. The minimum absolute atomic E-state index is 0.0932. The van der Waals surface area contributed by atoms with Crippen LogP contribution >= 0.6 is 11.6 Å². The number of allylic oxidation sites excluding steroid dienone is 3. The molecule has 60 valence electrons. The fraction of sp³-hybridized carbons (Fsp3) is 0.125. The highest BCUT2D eigenvalue weighted by Gasteiger charge is 1.97. The number of aliphatic carboxylic acids is 1. The summed E-state index contributed by atoms with van der Waals surface area (Å²) in [6.07, 6.45) is 2.81. The van der Waals surface area contributed by atoms with Gasteiger partial charge >= 0.3 is 5.97 Å². The number of carboxylic acids is 1. The number of hydrogen-bond donors (Lipinski definition) is 1. The number of halogens is 1. The van der Waals surface area contributed by atoms with Crippen LogP contribution in [0.5, 0.6) is 0 Å². The molecule has 0 spiro atoms. The second-order valence-electron chi connectivity index (χ2n) is 1.96. The van der Waals surface area contributed by atoms with Gasteiger partial charge in [-0.1, -0.05) is 30.8 Å². The Morgan fingerprint density at radius 1 is 1.64 bits per heavy atom. The van der Waals surface area contributed by atoms with Gasteiger partial charge in [0, 0.05) is 5.03 Å². The summed E-state index contributed by atoms with van der Waals surface area (Å²) in [7, 11) is 0. The molecule has 0 aromatic rings. The second-order valence-corrected chi connectivity index (χ2v) is 2.40. The zero-order chi connectivity index (χ0) is 8.85. The first-order chi connectivity index (χ1) is 5.06. The Morgan fingerprint density at radius 3 is 2.55 bits per heavy atom. The van der Waals surface area contributed by atoms with Crippen LogP contribution in [0.4, 0.5) is 0 Å². The lowest BCUT2D eigenvalue weighted by Gasteiger charge is -1.93. The van der Waals surface area contributed by atoms with Crippen LogP contribution in [0.25, 0.3) is 0 Å². The standard InChI is InChI=1S/C8H9ClO2/c1-3-7(9)4-6(2)5-8(10)11/h3-4H,1-2,5H2,(H,10,11)/b7-4+. The number of rotatable bonds is 4. The van der Waals surface area contributed by atoms with Crippen molar-refractivity contribution in [1.82, 2.24) is 0 Å². The van der Waals surface area contributed by atoms with E-state index in [1.807, 2.05) is 0 Å². The quantitative estimate of drug-likeness (QED) is 0.661. The van der Waals surface area contributed by atoms with E-state index in [0.717, 1.165) is 0 Å². The maximum atomic E-state index is 10.1. The Morgan fingerprint density at radius 2 is 2.18 bits per heavy atom. The average Bonchev–Trinajstić information content (AvgIpc) is 1.85. The molecule has 0 aromatic heterocycles. The molecule has 0 saturated carbocycles. The van der Waals surface area contributed by atoms with Gasteiger partial charge in [0.05, 0.1) is 6.42 Å². The molecule has 0 bridgehead atoms. The second kappa shape index (κ2) is 4.74. The zero-order valence-electron chi connectivity index (χ0n) is 6.01. The molecule has 0 amide bonds. The van der Waals surface area contributed by atoms with E-state index in [1.54, 1.807) is 0 Å². The van der Waals surface area contributed by atoms with Gasteiger partial charge in [-0.2, -0.15) is 0 Å². The normalized spacial score (nSPS) is 10.8. The first-order valence-corrected chi connectivity index (χ1v) is 3.33. The van der Waals surface area contributed by atoms with Crippen LogP contribution in [-0.2, 0) is 4.79 Å². The monoisotopic (exact) mass is 172 g/mol. The van der Waals surface area contributed by atoms with Crippen LogP contribution in [0.1, 0.15) is 6.42 Å². The fourth-order valence-electron chi connectivity index (χ4n) is 0.499. The Bertz CT molecular complexity index is 216. The molecule has 3 heteroatoms. The van der Waals surface area contributed by atoms with Gasteiger partial charge in [0.1, 0.15) is 0 Å². The molecule has 0 saturated heterocycles. The van der Waals surface area contributed by atoms with Gasteiger partial charge in [0.2, 0.25) is 0 Å². The third-order valence-corrected chi connectivity index (χ3v) is 1.18. The van der Waals surface area contributed by atoms with Gasteiger partial charge in [0.15, 0.2) is 0 Å². The molecule has 0 radical (unpaired) electrons. The van der Waals surface area contributed by atoms with Crippen LogP contribution in [-0.4, -0.2) is 11.1 Å². The minimum Gasteiger partial charge on any atom is -0.481 e. The highest BCUT2D eigenvalue weighted by molar-refractivity contribution is 6.31. The molecule has 0 aliphatic rings. The van der Waals surface area contributed by atoms with Gasteiger partial charge in [0.25, 0.3) is 0 Å². The molecule has 0 unspecified atom stereocenters. The summed E-state index contributed by atoms with van der Waals surface area (Å²) >= 11 is 5.53. The van der Waals surface area contributed by atoms with Crippen LogP contribution in [0.15, 0.2) is 35.9 Å². The van der Waals surface area contributed by atoms with E-state index in [4.69, 9.17) is 16.7 Å². The predicted molar refractivity (Wildman–Crippen MR) is 45.5 cm³/mol. The van der Waals surface area contributed by atoms with E-state index in [9.17, 15) is 4.79 Å². The van der Waals surface area contributed by atoms with Gasteiger partial charge in [-0.3, -0.25) is 4.79 Å². The van der Waals surface area contributed by atoms with Crippen molar-refractivity contribution in [1.29, 1.82) is 0 Å². The molecule has 2 nitrogen and oxygen atoms in total. The highest BCUT2D eigenvalue weighted by Crippen LogP contribution is 2.08. The van der Waals surface area contributed by atoms with Crippen molar-refractivity contribution in [3.63, 3.8) is 0 Å². The van der Waals surface area contributed by atoms with Crippen molar-refractivity contribution < 1.29 is 9.90 Å². The van der Waals surface area contributed by atoms with Crippen LogP contribution in [0, 0.1) is 0 Å². The summed E-state index contributed by atoms with van der Waals surface area (Å²) in [6.45, 7) is 6.90. The molecular weight excluding hydrogens is 164 g/mol. The van der Waals surface area contributed by atoms with Crippen molar-refractivity contribution in [2.75, 3.05) is 0 Å². The molecule has 11 heavy (non-hydrogen) atoms. The van der Waals surface area contributed by atoms with Gasteiger partial charge < -0.3 is 5.11 Å². The third kappa shape index (κ3) is 5.43. The van der Waals surface area contributed by atoms with Crippen molar-refractivity contribution in [3.05, 3.63) is 35.9 Å². The Balaban J connectivity index is 4.07. The number of carbonyl (C=O) groups is 1. The zero-order valence-corrected chi connectivity index (χ0v) is 6.77. The summed E-state index contributed by atoms with van der Waals surface area (Å²) in [4.78, 5) is 10.1. The number of carboxylic acid groups (broad SMARTS) is 1. The molecule has 0 aromatic carbocycles. The van der Waals surface area contributed by atoms with Crippen LogP contribution in [0.3, 0.4) is 0 Å². The molecular formula is C8H9ClO2. The van der Waals surface area contributed by atoms with Gasteiger partial charge in [-0.05, 0) is 11.6 Å². The van der Waals surface area contributed by atoms with Gasteiger partial charge in [-0.15, -0.1) is 0 Å². The molecule has 0 rings (SSSR count). The molecule has 0 aliphatic carbocycles. The third-order valence-electron chi connectivity index (χ3n) is 0.915. The first kappa shape index (κ1) is 9.98. The van der Waals surface area contributed by atoms with Crippen LogP contribution < -0.4 is 0 Å². The Hall–Kier alpha value is -1.02. The first-order valence-electron chi connectivity index (χ1n) is 2.95. The summed E-state index contributed by atoms with van der Waals surface area (Å²) in [5.74, 6) is -0.917. The topological polar surface area (TPSA) is 37.3 Å². The lowest BCUT2D eigenvalue weighted by molar-refractivity contribution is -0.136. The maximum Gasteiger partial charge on any atom is 0.307 e. The summed E-state index contributed by atoms with van der Waals surface area (Å²) in [5.41, 5.74) is 0.461. The van der Waals surface area contributed by atoms with Crippen molar-refractivity contribution in [3.8, 4) is 0 Å². The SMILES string of the molecule is C=C/C(Cl)=C\C(=C)CC(=O)O. The summed E-state index contributed by atoms with van der Waals surface area (Å²) in [6, 6.07) is 0. The van der Waals surface area contributed by atoms with Crippen molar-refractivity contribution in [2.45, 2.75) is 6.42 Å². The average molecular weight is 173 g/mol. The van der Waals surface area contributed by atoms with E-state index in [1.165, 1.54) is 12.2 Å². The lowest BCUT2D eigenvalue weighted by Crippen LogP contribution is -1.94. The van der Waals surface area contributed by atoms with Crippen LogP contribution in [0.2, 0.25) is 0 Å². The molecule has 0 fully saturated rings. The van der Waals surface area contributed by atoms with E-state index in [-0.39, 0.29) is 6.42 Å². The van der Waals surface area contributed by atoms with E-state index < -0.39 is 5.97 Å². The maximum absolute atomic E-state index is 10.1. The van der Waals surface area contributed by atoms with Crippen molar-refractivity contribution >= 4 is 17.6 Å². The molecule has 0 heterocycles. The summed E-state index contributed by atoms with van der Waals surface area (Å²) in [5, 5.41) is 8.71. The Labute approximate surface area is 70.5 Å². The Kier molecular flexibility index (Phi) is 4.30. The smallest absolute Gasteiger partial charge is 0.307 e. The van der Waals surface area contributed by atoms with E-state index in [2.05, 4.69) is 13.2 Å². The molecule has 0 atom stereocenters. The highest BCUT2D eigenvalue weighted by atomic mass is 35.5. The van der Waals surface area contributed by atoms with E-state index >= 15 is 0 Å². The fourth-order valence-corrected chi connectivity index (χ4v) is 0.654. The largest absolute Gasteiger partial charge is 0.481 e. The van der Waals surface area contributed by atoms with Gasteiger partial charge in [-0.25, -0.2) is 0 Å².